The van der Waals surface area contributed by atoms with E-state index in [1.807, 2.05) is 0 Å². The van der Waals surface area contributed by atoms with E-state index < -0.39 is 5.97 Å². The lowest BCUT2D eigenvalue weighted by Gasteiger charge is -2.08. The van der Waals surface area contributed by atoms with Crippen LogP contribution < -0.4 is 11.1 Å². The fraction of sp³-hybridized carbons (Fsp3) is 0. The van der Waals surface area contributed by atoms with Crippen LogP contribution >= 0.6 is 35.4 Å². The van der Waals surface area contributed by atoms with Gasteiger partial charge in [0.2, 0.25) is 0 Å². The Balaban J connectivity index is 3.23. The van der Waals surface area contributed by atoms with E-state index in [0.29, 0.717) is 5.69 Å². The molecule has 80 valence electrons. The highest BCUT2D eigenvalue weighted by Crippen LogP contribution is 2.29. The maximum atomic E-state index is 10.8. The van der Waals surface area contributed by atoms with E-state index in [1.165, 1.54) is 12.1 Å². The molecule has 7 heteroatoms. The molecule has 0 heterocycles. The van der Waals surface area contributed by atoms with E-state index in [4.69, 9.17) is 34.0 Å². The van der Waals surface area contributed by atoms with Gasteiger partial charge in [0, 0.05) is 0 Å². The molecule has 0 atom stereocenters. The summed E-state index contributed by atoms with van der Waals surface area (Å²) in [5, 5.41) is 11.6. The molecule has 4 nitrogen and oxygen atoms in total. The summed E-state index contributed by atoms with van der Waals surface area (Å²) in [7, 11) is 0. The Morgan fingerprint density at radius 3 is 2.47 bits per heavy atom. The number of rotatable bonds is 2. The highest BCUT2D eigenvalue weighted by Gasteiger charge is 2.12. The van der Waals surface area contributed by atoms with Gasteiger partial charge in [-0.15, -0.1) is 0 Å². The minimum absolute atomic E-state index is 0.00411. The number of carboxylic acids is 1. The van der Waals surface area contributed by atoms with Gasteiger partial charge in [-0.25, -0.2) is 4.79 Å². The van der Waals surface area contributed by atoms with Crippen LogP contribution in [-0.4, -0.2) is 16.2 Å². The summed E-state index contributed by atoms with van der Waals surface area (Å²) in [5.74, 6) is -1.15. The van der Waals surface area contributed by atoms with Crippen LogP contribution in [0.5, 0.6) is 0 Å². The van der Waals surface area contributed by atoms with E-state index in [2.05, 4.69) is 17.5 Å². The van der Waals surface area contributed by atoms with Crippen molar-refractivity contribution in [3.63, 3.8) is 0 Å². The summed E-state index contributed by atoms with van der Waals surface area (Å²) in [4.78, 5) is 10.8. The topological polar surface area (TPSA) is 75.3 Å². The van der Waals surface area contributed by atoms with Gasteiger partial charge in [0.25, 0.3) is 0 Å². The van der Waals surface area contributed by atoms with Crippen molar-refractivity contribution in [1.29, 1.82) is 0 Å². The number of hydrogen-bond donors (Lipinski definition) is 3. The molecule has 0 aliphatic heterocycles. The first-order valence-corrected chi connectivity index (χ1v) is 4.87. The lowest BCUT2D eigenvalue weighted by Crippen LogP contribution is -2.19. The third-order valence-electron chi connectivity index (χ3n) is 1.55. The summed E-state index contributed by atoms with van der Waals surface area (Å²) < 4.78 is 0. The molecule has 0 aliphatic carbocycles. The summed E-state index contributed by atoms with van der Waals surface area (Å²) in [5.41, 5.74) is 5.48. The van der Waals surface area contributed by atoms with Gasteiger partial charge < -0.3 is 16.2 Å². The van der Waals surface area contributed by atoms with Gasteiger partial charge in [-0.05, 0) is 24.4 Å². The zero-order valence-corrected chi connectivity index (χ0v) is 9.58. The Morgan fingerprint density at radius 2 is 2.00 bits per heavy atom. The number of nitrogens with two attached hydrogens (primary N) is 1. The number of aromatic carboxylic acids is 1. The molecular formula is C8H6Cl2N2O2S. The van der Waals surface area contributed by atoms with Crippen molar-refractivity contribution in [2.45, 2.75) is 0 Å². The Bertz CT molecular complexity index is 437. The first-order chi connectivity index (χ1) is 6.91. The van der Waals surface area contributed by atoms with E-state index in [-0.39, 0.29) is 20.7 Å². The van der Waals surface area contributed by atoms with Crippen LogP contribution in [0, 0.1) is 0 Å². The molecule has 0 amide bonds. The first kappa shape index (κ1) is 12.0. The number of anilines is 1. The van der Waals surface area contributed by atoms with E-state index >= 15 is 0 Å². The number of carboxylic acid groups (broad SMARTS) is 1. The molecule has 1 aromatic carbocycles. The van der Waals surface area contributed by atoms with Gasteiger partial charge in [-0.1, -0.05) is 23.2 Å². The van der Waals surface area contributed by atoms with Crippen LogP contribution in [0.2, 0.25) is 10.0 Å². The lowest BCUT2D eigenvalue weighted by molar-refractivity contribution is 0.0697. The molecule has 0 aliphatic rings. The van der Waals surface area contributed by atoms with E-state index in [0.717, 1.165) is 0 Å². The number of halogens is 2. The molecule has 0 unspecified atom stereocenters. The summed E-state index contributed by atoms with van der Waals surface area (Å²) in [6.07, 6.45) is 0. The van der Waals surface area contributed by atoms with Gasteiger partial charge in [-0.2, -0.15) is 0 Å². The van der Waals surface area contributed by atoms with Crippen molar-refractivity contribution in [3.05, 3.63) is 27.7 Å². The van der Waals surface area contributed by atoms with Crippen molar-refractivity contribution in [3.8, 4) is 0 Å². The summed E-state index contributed by atoms with van der Waals surface area (Å²) >= 11 is 16.1. The quantitative estimate of drug-likeness (QED) is 0.715. The largest absolute Gasteiger partial charge is 0.478 e. The smallest absolute Gasteiger partial charge is 0.337 e. The minimum atomic E-state index is -1.15. The second-order valence-electron chi connectivity index (χ2n) is 2.61. The van der Waals surface area contributed by atoms with Gasteiger partial charge >= 0.3 is 5.97 Å². The van der Waals surface area contributed by atoms with Crippen molar-refractivity contribution >= 4 is 52.2 Å². The van der Waals surface area contributed by atoms with Crippen molar-refractivity contribution in [2.24, 2.45) is 5.73 Å². The predicted octanol–water partition coefficient (Wildman–Crippen LogP) is 2.35. The summed E-state index contributed by atoms with van der Waals surface area (Å²) in [6.45, 7) is 0. The average molecular weight is 265 g/mol. The molecular weight excluding hydrogens is 259 g/mol. The molecule has 15 heavy (non-hydrogen) atoms. The van der Waals surface area contributed by atoms with Gasteiger partial charge in [0.15, 0.2) is 5.11 Å². The zero-order valence-electron chi connectivity index (χ0n) is 7.25. The average Bonchev–Trinajstić information content (AvgIpc) is 2.08. The van der Waals surface area contributed by atoms with Crippen LogP contribution in [0.3, 0.4) is 0 Å². The first-order valence-electron chi connectivity index (χ1n) is 3.70. The standard InChI is InChI=1S/C8H6Cl2N2O2S/c9-4-2-5(10)6(12-8(11)15)1-3(4)7(13)14/h1-2H,(H,13,14)(H3,11,12,15). The molecule has 1 aromatic rings. The highest BCUT2D eigenvalue weighted by atomic mass is 35.5. The normalized spacial score (nSPS) is 9.73. The Labute approximate surface area is 101 Å². The van der Waals surface area contributed by atoms with Gasteiger partial charge in [-0.3, -0.25) is 0 Å². The Kier molecular flexibility index (Phi) is 3.73. The maximum absolute atomic E-state index is 10.8. The number of benzene rings is 1. The number of thiocarbonyl (C=S) groups is 1. The van der Waals surface area contributed by atoms with Crippen molar-refractivity contribution in [2.75, 3.05) is 5.32 Å². The second-order valence-corrected chi connectivity index (χ2v) is 3.86. The highest BCUT2D eigenvalue weighted by molar-refractivity contribution is 7.80. The molecule has 0 fully saturated rings. The number of hydrogen-bond acceptors (Lipinski definition) is 2. The van der Waals surface area contributed by atoms with Crippen LogP contribution in [-0.2, 0) is 0 Å². The minimum Gasteiger partial charge on any atom is -0.478 e. The van der Waals surface area contributed by atoms with Crippen LogP contribution in [0.1, 0.15) is 10.4 Å². The molecule has 0 bridgehead atoms. The monoisotopic (exact) mass is 264 g/mol. The van der Waals surface area contributed by atoms with Crippen molar-refractivity contribution in [1.82, 2.24) is 0 Å². The fourth-order valence-corrected chi connectivity index (χ4v) is 1.56. The van der Waals surface area contributed by atoms with E-state index in [1.54, 1.807) is 0 Å². The molecule has 1 rings (SSSR count). The fourth-order valence-electron chi connectivity index (χ4n) is 0.941. The molecule has 0 spiro atoms. The molecule has 4 N–H and O–H groups in total. The van der Waals surface area contributed by atoms with Crippen molar-refractivity contribution < 1.29 is 9.90 Å². The second kappa shape index (κ2) is 4.65. The third-order valence-corrected chi connectivity index (χ3v) is 2.27. The zero-order chi connectivity index (χ0) is 11.6. The molecule has 0 aromatic heterocycles. The molecule has 0 radical (unpaired) electrons. The van der Waals surface area contributed by atoms with Gasteiger partial charge in [0.05, 0.1) is 21.3 Å². The molecule has 0 saturated carbocycles. The number of nitrogens with one attached hydrogen (secondary N) is 1. The van der Waals surface area contributed by atoms with E-state index in [9.17, 15) is 4.79 Å². The number of carbonyl (C=O) groups is 1. The SMILES string of the molecule is NC(=S)Nc1cc(C(=O)O)c(Cl)cc1Cl. The predicted molar refractivity (Wildman–Crippen MR) is 63.8 cm³/mol. The third kappa shape index (κ3) is 2.95. The van der Waals surface area contributed by atoms with Crippen LogP contribution in [0.4, 0.5) is 5.69 Å². The maximum Gasteiger partial charge on any atom is 0.337 e. The summed E-state index contributed by atoms with van der Waals surface area (Å²) in [6, 6.07) is 2.58. The lowest BCUT2D eigenvalue weighted by atomic mass is 10.2. The van der Waals surface area contributed by atoms with Crippen LogP contribution in [0.15, 0.2) is 12.1 Å². The molecule has 0 saturated heterocycles. The van der Waals surface area contributed by atoms with Gasteiger partial charge in [0.1, 0.15) is 0 Å². The van der Waals surface area contributed by atoms with Crippen LogP contribution in [0.25, 0.3) is 0 Å². The Morgan fingerprint density at radius 1 is 1.40 bits per heavy atom. The Hall–Kier alpha value is -1.04.